The topological polar surface area (TPSA) is 142 Å². The van der Waals surface area contributed by atoms with Gasteiger partial charge in [0.1, 0.15) is 5.76 Å². The Labute approximate surface area is 217 Å². The largest absolute Gasteiger partial charge is 0.490 e. The molecular formula is C23H25F6N3O7. The summed E-state index contributed by atoms with van der Waals surface area (Å²) < 4.78 is 74.9. The number of anilines is 1. The standard InChI is InChI=1S/C19H23N3O3.2C2HF3O2/c23-19(21-14-3-1-7-20-11-14)16-6-10-25-18-5-8-22(13-17(16)18)12-15-4-2-9-24-15;2*3-2(4,5)1(6)7/h1-4,7,9,11,16-18H,5-6,8,10,12-13H2,(H,21,23);2*(H,6,7)/t16-,17-,18-;;/m1../s1. The summed E-state index contributed by atoms with van der Waals surface area (Å²) in [5.74, 6) is -4.29. The first-order valence-electron chi connectivity index (χ1n) is 11.4. The molecule has 0 bridgehead atoms. The van der Waals surface area contributed by atoms with Gasteiger partial charge in [0.15, 0.2) is 0 Å². The number of ether oxygens (including phenoxy) is 1. The van der Waals surface area contributed by atoms with Crippen LogP contribution in [-0.4, -0.2) is 76.1 Å². The van der Waals surface area contributed by atoms with E-state index in [-0.39, 0.29) is 23.8 Å². The number of hydrogen-bond acceptors (Lipinski definition) is 7. The minimum absolute atomic E-state index is 0.0293. The third kappa shape index (κ3) is 10.6. The van der Waals surface area contributed by atoms with Crippen LogP contribution in [-0.2, 0) is 25.7 Å². The van der Waals surface area contributed by atoms with Gasteiger partial charge in [-0.3, -0.25) is 14.7 Å². The van der Waals surface area contributed by atoms with Crippen molar-refractivity contribution in [1.29, 1.82) is 0 Å². The van der Waals surface area contributed by atoms with E-state index >= 15 is 0 Å². The number of hydrogen-bond donors (Lipinski definition) is 3. The van der Waals surface area contributed by atoms with Gasteiger partial charge in [-0.05, 0) is 37.1 Å². The minimum atomic E-state index is -5.08. The number of nitrogens with zero attached hydrogens (tertiary/aromatic N) is 2. The Bertz CT molecular complexity index is 1040. The van der Waals surface area contributed by atoms with E-state index in [1.807, 2.05) is 24.3 Å². The number of carboxylic acid groups (broad SMARTS) is 2. The van der Waals surface area contributed by atoms with Gasteiger partial charge in [-0.25, -0.2) is 9.59 Å². The van der Waals surface area contributed by atoms with Crippen molar-refractivity contribution >= 4 is 23.5 Å². The summed E-state index contributed by atoms with van der Waals surface area (Å²) in [6.07, 6.45) is -3.18. The average molecular weight is 569 g/mol. The van der Waals surface area contributed by atoms with Crippen molar-refractivity contribution in [2.75, 3.05) is 25.0 Å². The summed E-state index contributed by atoms with van der Waals surface area (Å²) >= 11 is 0. The summed E-state index contributed by atoms with van der Waals surface area (Å²) in [6, 6.07) is 7.60. The Kier molecular flexibility index (Phi) is 11.3. The molecule has 39 heavy (non-hydrogen) atoms. The van der Waals surface area contributed by atoms with E-state index in [1.54, 1.807) is 18.7 Å². The molecule has 4 heterocycles. The number of pyridine rings is 1. The lowest BCUT2D eigenvalue weighted by Gasteiger charge is -2.44. The molecule has 2 aromatic rings. The number of rotatable bonds is 4. The quantitative estimate of drug-likeness (QED) is 0.469. The van der Waals surface area contributed by atoms with Gasteiger partial charge in [0.05, 0.1) is 30.8 Å². The van der Waals surface area contributed by atoms with Crippen molar-refractivity contribution < 1.29 is 60.1 Å². The third-order valence-corrected chi connectivity index (χ3v) is 5.66. The maximum Gasteiger partial charge on any atom is 0.490 e. The zero-order chi connectivity index (χ0) is 29.2. The lowest BCUT2D eigenvalue weighted by molar-refractivity contribution is -0.193. The van der Waals surface area contributed by atoms with Gasteiger partial charge in [-0.15, -0.1) is 0 Å². The fraction of sp³-hybridized carbons (Fsp3) is 0.478. The second-order valence-electron chi connectivity index (χ2n) is 8.41. The predicted octanol–water partition coefficient (Wildman–Crippen LogP) is 3.81. The molecule has 0 aliphatic carbocycles. The van der Waals surface area contributed by atoms with Crippen LogP contribution in [0.1, 0.15) is 18.6 Å². The maximum atomic E-state index is 12.8. The second kappa shape index (κ2) is 13.9. The van der Waals surface area contributed by atoms with E-state index in [0.29, 0.717) is 6.61 Å². The second-order valence-corrected chi connectivity index (χ2v) is 8.41. The first-order valence-corrected chi connectivity index (χ1v) is 11.4. The first-order chi connectivity index (χ1) is 18.2. The highest BCUT2D eigenvalue weighted by Crippen LogP contribution is 2.34. The van der Waals surface area contributed by atoms with Gasteiger partial charge in [0, 0.05) is 37.7 Å². The molecular weight excluding hydrogens is 544 g/mol. The molecule has 3 N–H and O–H groups in total. The molecule has 2 saturated heterocycles. The molecule has 2 aliphatic heterocycles. The number of carboxylic acids is 2. The number of aromatic nitrogens is 1. The van der Waals surface area contributed by atoms with Gasteiger partial charge in [-0.1, -0.05) is 0 Å². The van der Waals surface area contributed by atoms with Crippen LogP contribution in [0.25, 0.3) is 0 Å². The molecule has 2 aliphatic rings. The minimum Gasteiger partial charge on any atom is -0.475 e. The van der Waals surface area contributed by atoms with Crippen LogP contribution >= 0.6 is 0 Å². The van der Waals surface area contributed by atoms with Gasteiger partial charge in [-0.2, -0.15) is 26.3 Å². The SMILES string of the molecule is O=C(Nc1cccnc1)[C@@H]1CCO[C@@H]2CCN(Cc3ccco3)C[C@@H]21.O=C(O)C(F)(F)F.O=C(O)C(F)(F)F. The maximum absolute atomic E-state index is 12.8. The molecule has 0 saturated carbocycles. The molecule has 0 aromatic carbocycles. The first kappa shape index (κ1) is 31.6. The van der Waals surface area contributed by atoms with Crippen molar-refractivity contribution in [3.63, 3.8) is 0 Å². The van der Waals surface area contributed by atoms with E-state index in [4.69, 9.17) is 29.0 Å². The third-order valence-electron chi connectivity index (χ3n) is 5.66. The summed E-state index contributed by atoms with van der Waals surface area (Å²) in [4.78, 5) is 37.0. The summed E-state index contributed by atoms with van der Waals surface area (Å²) in [5.41, 5.74) is 0.749. The van der Waals surface area contributed by atoms with E-state index in [2.05, 4.69) is 15.2 Å². The van der Waals surface area contributed by atoms with Crippen LogP contribution in [0.4, 0.5) is 32.0 Å². The zero-order valence-corrected chi connectivity index (χ0v) is 20.1. The molecule has 3 atom stereocenters. The van der Waals surface area contributed by atoms with E-state index < -0.39 is 24.3 Å². The van der Waals surface area contributed by atoms with Crippen molar-refractivity contribution in [2.45, 2.75) is 37.8 Å². The Morgan fingerprint density at radius 1 is 1.03 bits per heavy atom. The number of halogens is 6. The monoisotopic (exact) mass is 569 g/mol. The number of amides is 1. The number of alkyl halides is 6. The number of carbonyl (C=O) groups is 3. The Balaban J connectivity index is 0.000000317. The molecule has 16 heteroatoms. The lowest BCUT2D eigenvalue weighted by Crippen LogP contribution is -2.52. The molecule has 0 unspecified atom stereocenters. The van der Waals surface area contributed by atoms with Crippen LogP contribution in [0.2, 0.25) is 0 Å². The summed E-state index contributed by atoms with van der Waals surface area (Å²) in [7, 11) is 0. The normalized spacial score (nSPS) is 21.2. The fourth-order valence-corrected chi connectivity index (χ4v) is 3.95. The molecule has 0 spiro atoms. The summed E-state index contributed by atoms with van der Waals surface area (Å²) in [5, 5.41) is 17.3. The number of furan rings is 1. The van der Waals surface area contributed by atoms with Crippen molar-refractivity contribution in [2.24, 2.45) is 11.8 Å². The molecule has 2 fully saturated rings. The summed E-state index contributed by atoms with van der Waals surface area (Å²) in [6.45, 7) is 3.27. The van der Waals surface area contributed by atoms with Gasteiger partial charge < -0.3 is 24.7 Å². The van der Waals surface area contributed by atoms with Crippen LogP contribution in [0.3, 0.4) is 0 Å². The van der Waals surface area contributed by atoms with Crippen LogP contribution in [0, 0.1) is 11.8 Å². The molecule has 0 radical (unpaired) electrons. The van der Waals surface area contributed by atoms with Crippen molar-refractivity contribution in [3.8, 4) is 0 Å². The predicted molar refractivity (Wildman–Crippen MR) is 120 cm³/mol. The molecule has 10 nitrogen and oxygen atoms in total. The number of carbonyl (C=O) groups excluding carboxylic acids is 1. The highest BCUT2D eigenvalue weighted by atomic mass is 19.4. The van der Waals surface area contributed by atoms with Crippen LogP contribution in [0.15, 0.2) is 47.3 Å². The van der Waals surface area contributed by atoms with Crippen molar-refractivity contribution in [1.82, 2.24) is 9.88 Å². The van der Waals surface area contributed by atoms with Crippen LogP contribution < -0.4 is 5.32 Å². The van der Waals surface area contributed by atoms with Crippen LogP contribution in [0.5, 0.6) is 0 Å². The highest BCUT2D eigenvalue weighted by molar-refractivity contribution is 5.92. The number of piperidine rings is 1. The Morgan fingerprint density at radius 2 is 1.67 bits per heavy atom. The lowest BCUT2D eigenvalue weighted by atomic mass is 9.79. The number of fused-ring (bicyclic) bond motifs is 1. The Hall–Kier alpha value is -3.66. The molecule has 4 rings (SSSR count). The van der Waals surface area contributed by atoms with Gasteiger partial charge in [0.25, 0.3) is 0 Å². The smallest absolute Gasteiger partial charge is 0.475 e. The fourth-order valence-electron chi connectivity index (χ4n) is 3.95. The Morgan fingerprint density at radius 3 is 2.18 bits per heavy atom. The highest BCUT2D eigenvalue weighted by Gasteiger charge is 2.42. The zero-order valence-electron chi connectivity index (χ0n) is 20.1. The average Bonchev–Trinajstić information content (AvgIpc) is 3.37. The number of nitrogens with one attached hydrogen (secondary N) is 1. The van der Waals surface area contributed by atoms with Gasteiger partial charge in [0.2, 0.25) is 5.91 Å². The number of aliphatic carboxylic acids is 2. The van der Waals surface area contributed by atoms with Crippen molar-refractivity contribution in [3.05, 3.63) is 48.7 Å². The van der Waals surface area contributed by atoms with Gasteiger partial charge >= 0.3 is 24.3 Å². The molecule has 2 aromatic heterocycles. The van der Waals surface area contributed by atoms with E-state index in [1.165, 1.54) is 0 Å². The number of likely N-dealkylation sites (tertiary alicyclic amines) is 1. The molecule has 216 valence electrons. The van der Waals surface area contributed by atoms with E-state index in [9.17, 15) is 31.1 Å². The van der Waals surface area contributed by atoms with E-state index in [0.717, 1.165) is 43.9 Å². The molecule has 1 amide bonds.